The molecule has 7 heteroatoms. The first kappa shape index (κ1) is 18.4. The maximum atomic E-state index is 13.2. The average Bonchev–Trinajstić information content (AvgIpc) is 2.61. The number of halogens is 2. The van der Waals surface area contributed by atoms with Crippen molar-refractivity contribution in [1.82, 2.24) is 10.6 Å². The van der Waals surface area contributed by atoms with Gasteiger partial charge in [-0.1, -0.05) is 18.2 Å². The molecule has 0 heterocycles. The standard InChI is InChI=1S/C18H18F2N2O3/c1-11(12-7-8-14(19)15(20)9-12)22-17(23)10-21-18(24)13-5-3-4-6-16(13)25-2/h3-9,11H,10H2,1-2H3,(H,21,24)(H,22,23)/t11-/m1/s1. The quantitative estimate of drug-likeness (QED) is 0.843. The fourth-order valence-corrected chi connectivity index (χ4v) is 2.25. The van der Waals surface area contributed by atoms with Crippen LogP contribution in [0.5, 0.6) is 5.75 Å². The highest BCUT2D eigenvalue weighted by Gasteiger charge is 2.15. The van der Waals surface area contributed by atoms with Gasteiger partial charge < -0.3 is 15.4 Å². The summed E-state index contributed by atoms with van der Waals surface area (Å²) in [5, 5.41) is 5.09. The van der Waals surface area contributed by atoms with Gasteiger partial charge in [0.05, 0.1) is 25.3 Å². The van der Waals surface area contributed by atoms with Crippen molar-refractivity contribution < 1.29 is 23.1 Å². The van der Waals surface area contributed by atoms with Gasteiger partial charge >= 0.3 is 0 Å². The highest BCUT2D eigenvalue weighted by Crippen LogP contribution is 2.17. The number of hydrogen-bond acceptors (Lipinski definition) is 3. The molecule has 132 valence electrons. The maximum absolute atomic E-state index is 13.2. The smallest absolute Gasteiger partial charge is 0.255 e. The topological polar surface area (TPSA) is 67.4 Å². The third kappa shape index (κ3) is 4.76. The minimum absolute atomic E-state index is 0.259. The number of benzene rings is 2. The molecule has 0 aliphatic carbocycles. The second-order valence-electron chi connectivity index (χ2n) is 5.35. The van der Waals surface area contributed by atoms with Crippen LogP contribution in [0, 0.1) is 11.6 Å². The molecule has 0 fully saturated rings. The van der Waals surface area contributed by atoms with Gasteiger partial charge in [-0.05, 0) is 36.8 Å². The van der Waals surface area contributed by atoms with Crippen LogP contribution in [-0.4, -0.2) is 25.5 Å². The number of para-hydroxylation sites is 1. The molecule has 2 aromatic carbocycles. The molecule has 2 amide bonds. The Hall–Kier alpha value is -2.96. The monoisotopic (exact) mass is 348 g/mol. The van der Waals surface area contributed by atoms with E-state index in [0.717, 1.165) is 12.1 Å². The van der Waals surface area contributed by atoms with Crippen LogP contribution in [0.4, 0.5) is 8.78 Å². The second kappa shape index (κ2) is 8.23. The molecule has 5 nitrogen and oxygen atoms in total. The Morgan fingerprint density at radius 3 is 2.52 bits per heavy atom. The van der Waals surface area contributed by atoms with E-state index in [1.807, 2.05) is 0 Å². The Morgan fingerprint density at radius 2 is 1.84 bits per heavy atom. The first-order valence-corrected chi connectivity index (χ1v) is 7.58. The van der Waals surface area contributed by atoms with E-state index in [2.05, 4.69) is 10.6 Å². The molecule has 25 heavy (non-hydrogen) atoms. The van der Waals surface area contributed by atoms with E-state index in [9.17, 15) is 18.4 Å². The van der Waals surface area contributed by atoms with Crippen molar-refractivity contribution in [2.24, 2.45) is 0 Å². The largest absolute Gasteiger partial charge is 0.496 e. The summed E-state index contributed by atoms with van der Waals surface area (Å²) in [6.07, 6.45) is 0. The number of hydrogen-bond donors (Lipinski definition) is 2. The molecule has 0 unspecified atom stereocenters. The molecule has 0 aromatic heterocycles. The van der Waals surface area contributed by atoms with Gasteiger partial charge in [0.2, 0.25) is 5.91 Å². The fourth-order valence-electron chi connectivity index (χ4n) is 2.25. The van der Waals surface area contributed by atoms with E-state index >= 15 is 0 Å². The number of amides is 2. The average molecular weight is 348 g/mol. The second-order valence-corrected chi connectivity index (χ2v) is 5.35. The van der Waals surface area contributed by atoms with Crippen molar-refractivity contribution in [3.63, 3.8) is 0 Å². The lowest BCUT2D eigenvalue weighted by Gasteiger charge is -2.15. The summed E-state index contributed by atoms with van der Waals surface area (Å²) in [4.78, 5) is 24.0. The minimum atomic E-state index is -0.983. The molecule has 0 spiro atoms. The van der Waals surface area contributed by atoms with Gasteiger partial charge in [0.15, 0.2) is 11.6 Å². The lowest BCUT2D eigenvalue weighted by Crippen LogP contribution is -2.38. The van der Waals surface area contributed by atoms with Crippen molar-refractivity contribution in [2.45, 2.75) is 13.0 Å². The molecule has 0 radical (unpaired) electrons. The molecule has 1 atom stereocenters. The summed E-state index contributed by atoms with van der Waals surface area (Å²) >= 11 is 0. The summed E-state index contributed by atoms with van der Waals surface area (Å²) in [5.74, 6) is -2.45. The first-order chi connectivity index (χ1) is 11.9. The summed E-state index contributed by atoms with van der Waals surface area (Å²) < 4.78 is 31.3. The lowest BCUT2D eigenvalue weighted by atomic mass is 10.1. The van der Waals surface area contributed by atoms with Crippen LogP contribution < -0.4 is 15.4 Å². The van der Waals surface area contributed by atoms with Crippen LogP contribution in [0.3, 0.4) is 0 Å². The first-order valence-electron chi connectivity index (χ1n) is 7.58. The van der Waals surface area contributed by atoms with Crippen molar-refractivity contribution in [2.75, 3.05) is 13.7 Å². The van der Waals surface area contributed by atoms with Crippen LogP contribution in [0.25, 0.3) is 0 Å². The van der Waals surface area contributed by atoms with Gasteiger partial charge in [-0.2, -0.15) is 0 Å². The Balaban J connectivity index is 1.91. The predicted molar refractivity (Wildman–Crippen MR) is 88.2 cm³/mol. The van der Waals surface area contributed by atoms with Crippen molar-refractivity contribution in [1.29, 1.82) is 0 Å². The van der Waals surface area contributed by atoms with Gasteiger partial charge in [0.1, 0.15) is 5.75 Å². The Morgan fingerprint density at radius 1 is 1.12 bits per heavy atom. The Labute approximate surface area is 144 Å². The van der Waals surface area contributed by atoms with Gasteiger partial charge in [-0.25, -0.2) is 8.78 Å². The highest BCUT2D eigenvalue weighted by molar-refractivity contribution is 5.98. The summed E-state index contributed by atoms with van der Waals surface area (Å²) in [7, 11) is 1.45. The maximum Gasteiger partial charge on any atom is 0.255 e. The number of nitrogens with one attached hydrogen (secondary N) is 2. The van der Waals surface area contributed by atoms with Crippen LogP contribution in [0.1, 0.15) is 28.9 Å². The van der Waals surface area contributed by atoms with E-state index in [4.69, 9.17) is 4.74 Å². The Bertz CT molecular complexity index is 781. The molecule has 0 aliphatic rings. The summed E-state index contributed by atoms with van der Waals surface area (Å²) in [6.45, 7) is 1.37. The molecule has 0 saturated heterocycles. The number of methoxy groups -OCH3 is 1. The number of carbonyl (C=O) groups excluding carboxylic acids is 2. The molecule has 2 rings (SSSR count). The molecule has 0 saturated carbocycles. The van der Waals surface area contributed by atoms with Crippen molar-refractivity contribution in [3.8, 4) is 5.75 Å². The molecule has 2 aromatic rings. The van der Waals surface area contributed by atoms with Gasteiger partial charge in [-0.3, -0.25) is 9.59 Å². The van der Waals surface area contributed by atoms with Gasteiger partial charge in [0, 0.05) is 0 Å². The summed E-state index contributed by atoms with van der Waals surface area (Å²) in [5.41, 5.74) is 0.731. The van der Waals surface area contributed by atoms with E-state index in [0.29, 0.717) is 16.9 Å². The fraction of sp³-hybridized carbons (Fsp3) is 0.222. The van der Waals surface area contributed by atoms with Crippen molar-refractivity contribution in [3.05, 3.63) is 65.2 Å². The summed E-state index contributed by atoms with van der Waals surface area (Å²) in [6, 6.07) is 9.50. The zero-order chi connectivity index (χ0) is 18.4. The van der Waals surface area contributed by atoms with Crippen LogP contribution in [0.15, 0.2) is 42.5 Å². The molecule has 0 aliphatic heterocycles. The number of carbonyl (C=O) groups is 2. The minimum Gasteiger partial charge on any atom is -0.496 e. The molecular formula is C18H18F2N2O3. The van der Waals surface area contributed by atoms with Crippen molar-refractivity contribution >= 4 is 11.8 Å². The molecule has 0 bridgehead atoms. The Kier molecular flexibility index (Phi) is 6.05. The van der Waals surface area contributed by atoms with E-state index in [-0.39, 0.29) is 6.54 Å². The van der Waals surface area contributed by atoms with E-state index in [1.165, 1.54) is 13.2 Å². The number of ether oxygens (including phenoxy) is 1. The van der Waals surface area contributed by atoms with Crippen LogP contribution in [0.2, 0.25) is 0 Å². The van der Waals surface area contributed by atoms with E-state index in [1.54, 1.807) is 31.2 Å². The molecule has 2 N–H and O–H groups in total. The number of rotatable bonds is 6. The third-order valence-electron chi connectivity index (χ3n) is 3.58. The predicted octanol–water partition coefficient (Wildman–Crippen LogP) is 2.58. The van der Waals surface area contributed by atoms with Gasteiger partial charge in [0.25, 0.3) is 5.91 Å². The zero-order valence-electron chi connectivity index (χ0n) is 13.8. The van der Waals surface area contributed by atoms with E-state index < -0.39 is 29.5 Å². The van der Waals surface area contributed by atoms with Crippen LogP contribution in [-0.2, 0) is 4.79 Å². The molecular weight excluding hydrogens is 330 g/mol. The van der Waals surface area contributed by atoms with Gasteiger partial charge in [-0.15, -0.1) is 0 Å². The third-order valence-corrected chi connectivity index (χ3v) is 3.58. The SMILES string of the molecule is COc1ccccc1C(=O)NCC(=O)N[C@H](C)c1ccc(F)c(F)c1. The normalized spacial score (nSPS) is 11.5. The lowest BCUT2D eigenvalue weighted by molar-refractivity contribution is -0.120. The zero-order valence-corrected chi connectivity index (χ0v) is 13.8. The van der Waals surface area contributed by atoms with Crippen LogP contribution >= 0.6 is 0 Å². The highest BCUT2D eigenvalue weighted by atomic mass is 19.2.